The Morgan fingerprint density at radius 2 is 2.08 bits per heavy atom. The van der Waals surface area contributed by atoms with Crippen LogP contribution in [0, 0.1) is 5.82 Å². The lowest BCUT2D eigenvalue weighted by Gasteiger charge is -2.09. The van der Waals surface area contributed by atoms with E-state index in [1.165, 1.54) is 30.5 Å². The molecule has 0 radical (unpaired) electrons. The van der Waals surface area contributed by atoms with Gasteiger partial charge in [0.25, 0.3) is 5.88 Å². The van der Waals surface area contributed by atoms with Gasteiger partial charge < -0.3 is 9.47 Å². The predicted molar refractivity (Wildman–Crippen MR) is 90.5 cm³/mol. The fraction of sp³-hybridized carbons (Fsp3) is 0.118. The number of nitrogens with zero attached hydrogens (tertiary/aromatic N) is 4. The van der Waals surface area contributed by atoms with Crippen molar-refractivity contribution in [1.29, 1.82) is 0 Å². The van der Waals surface area contributed by atoms with E-state index < -0.39 is 11.8 Å². The van der Waals surface area contributed by atoms with Gasteiger partial charge in [-0.2, -0.15) is 4.98 Å². The van der Waals surface area contributed by atoms with Gasteiger partial charge in [0.05, 0.1) is 12.8 Å². The summed E-state index contributed by atoms with van der Waals surface area (Å²) in [6, 6.07) is 8.72. The molecule has 2 aromatic heterocycles. The summed E-state index contributed by atoms with van der Waals surface area (Å²) in [7, 11) is 0. The number of aromatic nitrogens is 4. The fourth-order valence-corrected chi connectivity index (χ4v) is 2.11. The molecule has 3 aromatic rings. The van der Waals surface area contributed by atoms with E-state index in [0.717, 1.165) is 0 Å². The maximum Gasteiger partial charge on any atom is 0.364 e. The van der Waals surface area contributed by atoms with Crippen molar-refractivity contribution in [3.63, 3.8) is 0 Å². The summed E-state index contributed by atoms with van der Waals surface area (Å²) in [5.74, 6) is -0.956. The molecule has 0 saturated carbocycles. The largest absolute Gasteiger partial charge is 0.461 e. The SMILES string of the molecule is CCOC(=O)c1nnc(-c2cccc(F)c2)nc1Oc1ccc(Cl)nc1. The van der Waals surface area contributed by atoms with Crippen molar-refractivity contribution in [2.75, 3.05) is 6.61 Å². The predicted octanol–water partition coefficient (Wildman–Crippen LogP) is 3.70. The second-order valence-electron chi connectivity index (χ2n) is 4.94. The van der Waals surface area contributed by atoms with Gasteiger partial charge in [0.15, 0.2) is 5.82 Å². The molecular weight excluding hydrogens is 363 g/mol. The first kappa shape index (κ1) is 17.7. The van der Waals surface area contributed by atoms with E-state index in [4.69, 9.17) is 21.1 Å². The molecule has 1 aromatic carbocycles. The first-order valence-electron chi connectivity index (χ1n) is 7.54. The molecule has 0 spiro atoms. The Kier molecular flexibility index (Phi) is 5.33. The minimum atomic E-state index is -0.741. The van der Waals surface area contributed by atoms with E-state index in [-0.39, 0.29) is 34.9 Å². The summed E-state index contributed by atoms with van der Waals surface area (Å²) in [6.07, 6.45) is 1.36. The molecule has 2 heterocycles. The third kappa shape index (κ3) is 4.09. The standard InChI is InChI=1S/C17H12ClFN4O3/c1-2-25-17(24)14-16(26-12-6-7-13(18)20-9-12)21-15(23-22-14)10-4-3-5-11(19)8-10/h3-9H,2H2,1H3. The summed E-state index contributed by atoms with van der Waals surface area (Å²) >= 11 is 5.74. The third-order valence-corrected chi connectivity index (χ3v) is 3.34. The maximum atomic E-state index is 13.4. The fourth-order valence-electron chi connectivity index (χ4n) is 1.99. The summed E-state index contributed by atoms with van der Waals surface area (Å²) in [4.78, 5) is 20.1. The first-order valence-corrected chi connectivity index (χ1v) is 7.92. The summed E-state index contributed by atoms with van der Waals surface area (Å²) in [5, 5.41) is 7.98. The number of rotatable bonds is 5. The van der Waals surface area contributed by atoms with Gasteiger partial charge in [0.2, 0.25) is 5.69 Å². The second kappa shape index (κ2) is 7.83. The molecule has 0 fully saturated rings. The molecule has 0 aliphatic carbocycles. The molecule has 0 atom stereocenters. The Hall–Kier alpha value is -3.13. The normalized spacial score (nSPS) is 10.4. The van der Waals surface area contributed by atoms with Crippen molar-refractivity contribution >= 4 is 17.6 Å². The molecule has 132 valence electrons. The topological polar surface area (TPSA) is 87.1 Å². The van der Waals surface area contributed by atoms with Crippen LogP contribution in [-0.2, 0) is 4.74 Å². The van der Waals surface area contributed by atoms with E-state index in [0.29, 0.717) is 5.56 Å². The molecule has 9 heteroatoms. The number of pyridine rings is 1. The van der Waals surface area contributed by atoms with Gasteiger partial charge in [-0.3, -0.25) is 0 Å². The van der Waals surface area contributed by atoms with Gasteiger partial charge >= 0.3 is 5.97 Å². The highest BCUT2D eigenvalue weighted by Crippen LogP contribution is 2.25. The molecule has 0 amide bonds. The molecule has 0 unspecified atom stereocenters. The van der Waals surface area contributed by atoms with Crippen molar-refractivity contribution in [2.45, 2.75) is 6.92 Å². The number of benzene rings is 1. The van der Waals surface area contributed by atoms with Crippen molar-refractivity contribution in [3.05, 3.63) is 59.3 Å². The van der Waals surface area contributed by atoms with Crippen LogP contribution in [0.25, 0.3) is 11.4 Å². The van der Waals surface area contributed by atoms with Gasteiger partial charge in [0.1, 0.15) is 16.7 Å². The quantitative estimate of drug-likeness (QED) is 0.497. The molecule has 0 aliphatic heterocycles. The van der Waals surface area contributed by atoms with Crippen LogP contribution >= 0.6 is 11.6 Å². The third-order valence-electron chi connectivity index (χ3n) is 3.12. The Morgan fingerprint density at radius 3 is 2.77 bits per heavy atom. The average molecular weight is 375 g/mol. The van der Waals surface area contributed by atoms with E-state index in [1.807, 2.05) is 0 Å². The summed E-state index contributed by atoms with van der Waals surface area (Å²) in [6.45, 7) is 1.80. The molecule has 0 N–H and O–H groups in total. The number of hydrogen-bond donors (Lipinski definition) is 0. The van der Waals surface area contributed by atoms with E-state index >= 15 is 0 Å². The zero-order valence-corrected chi connectivity index (χ0v) is 14.3. The number of hydrogen-bond acceptors (Lipinski definition) is 7. The zero-order chi connectivity index (χ0) is 18.5. The van der Waals surface area contributed by atoms with Crippen LogP contribution in [0.1, 0.15) is 17.4 Å². The maximum absolute atomic E-state index is 13.4. The highest BCUT2D eigenvalue weighted by Gasteiger charge is 2.21. The molecule has 3 rings (SSSR count). The highest BCUT2D eigenvalue weighted by atomic mass is 35.5. The van der Waals surface area contributed by atoms with Crippen LogP contribution < -0.4 is 4.74 Å². The first-order chi connectivity index (χ1) is 12.6. The number of halogens is 2. The number of carbonyl (C=O) groups is 1. The van der Waals surface area contributed by atoms with Crippen molar-refractivity contribution < 1.29 is 18.7 Å². The van der Waals surface area contributed by atoms with Crippen molar-refractivity contribution in [1.82, 2.24) is 20.2 Å². The molecule has 0 aliphatic rings. The van der Waals surface area contributed by atoms with E-state index in [9.17, 15) is 9.18 Å². The molecule has 26 heavy (non-hydrogen) atoms. The van der Waals surface area contributed by atoms with Crippen LogP contribution in [0.4, 0.5) is 4.39 Å². The Morgan fingerprint density at radius 1 is 1.23 bits per heavy atom. The molecular formula is C17H12ClFN4O3. The molecule has 0 saturated heterocycles. The number of carbonyl (C=O) groups excluding carboxylic acids is 1. The van der Waals surface area contributed by atoms with Crippen molar-refractivity contribution in [3.8, 4) is 23.0 Å². The molecule has 7 nitrogen and oxygen atoms in total. The second-order valence-corrected chi connectivity index (χ2v) is 5.33. The van der Waals surface area contributed by atoms with Gasteiger partial charge in [-0.1, -0.05) is 23.7 Å². The lowest BCUT2D eigenvalue weighted by Crippen LogP contribution is -2.12. The van der Waals surface area contributed by atoms with E-state index in [1.54, 1.807) is 19.1 Å². The van der Waals surface area contributed by atoms with Gasteiger partial charge in [-0.25, -0.2) is 14.2 Å². The zero-order valence-electron chi connectivity index (χ0n) is 13.5. The smallest absolute Gasteiger partial charge is 0.364 e. The van der Waals surface area contributed by atoms with Gasteiger partial charge in [-0.15, -0.1) is 10.2 Å². The van der Waals surface area contributed by atoms with Crippen LogP contribution in [-0.4, -0.2) is 32.7 Å². The van der Waals surface area contributed by atoms with E-state index in [2.05, 4.69) is 20.2 Å². The Labute approximate surface area is 152 Å². The lowest BCUT2D eigenvalue weighted by atomic mass is 10.2. The minimum absolute atomic E-state index is 0.0921. The lowest BCUT2D eigenvalue weighted by molar-refractivity contribution is 0.0514. The monoisotopic (exact) mass is 374 g/mol. The summed E-state index contributed by atoms with van der Waals surface area (Å²) in [5.41, 5.74) is 0.175. The molecule has 0 bridgehead atoms. The number of esters is 1. The Bertz CT molecular complexity index is 938. The van der Waals surface area contributed by atoms with Crippen LogP contribution in [0.15, 0.2) is 42.6 Å². The summed E-state index contributed by atoms with van der Waals surface area (Å²) < 4.78 is 24.0. The number of ether oxygens (including phenoxy) is 2. The van der Waals surface area contributed by atoms with Crippen LogP contribution in [0.2, 0.25) is 5.15 Å². The highest BCUT2D eigenvalue weighted by molar-refractivity contribution is 6.29. The van der Waals surface area contributed by atoms with Crippen LogP contribution in [0.3, 0.4) is 0 Å². The van der Waals surface area contributed by atoms with Gasteiger partial charge in [0, 0.05) is 5.56 Å². The average Bonchev–Trinajstić information content (AvgIpc) is 2.64. The Balaban J connectivity index is 2.02. The van der Waals surface area contributed by atoms with Gasteiger partial charge in [-0.05, 0) is 31.2 Å². The van der Waals surface area contributed by atoms with Crippen molar-refractivity contribution in [2.24, 2.45) is 0 Å². The van der Waals surface area contributed by atoms with Crippen LogP contribution in [0.5, 0.6) is 11.6 Å². The minimum Gasteiger partial charge on any atom is -0.461 e.